The number of hydrogen-bond acceptors (Lipinski definition) is 4. The van der Waals surface area contributed by atoms with Crippen LogP contribution >= 0.6 is 0 Å². The summed E-state index contributed by atoms with van der Waals surface area (Å²) in [5.41, 5.74) is 1.27. The SMILES string of the molecule is COc1c(C(=O)NC(C)C)nnn1Cc1ccccc1. The first-order valence-electron chi connectivity index (χ1n) is 6.44. The molecular weight excluding hydrogens is 256 g/mol. The third-order valence-electron chi connectivity index (χ3n) is 2.69. The fourth-order valence-electron chi connectivity index (χ4n) is 1.84. The lowest BCUT2D eigenvalue weighted by molar-refractivity contribution is 0.0934. The quantitative estimate of drug-likeness (QED) is 0.896. The van der Waals surface area contributed by atoms with E-state index in [1.165, 1.54) is 7.11 Å². The summed E-state index contributed by atoms with van der Waals surface area (Å²) in [5, 5.41) is 10.7. The molecule has 0 radical (unpaired) electrons. The Labute approximate surface area is 117 Å². The lowest BCUT2D eigenvalue weighted by atomic mass is 10.2. The third-order valence-corrected chi connectivity index (χ3v) is 2.69. The van der Waals surface area contributed by atoms with Gasteiger partial charge in [-0.3, -0.25) is 4.79 Å². The van der Waals surface area contributed by atoms with Gasteiger partial charge < -0.3 is 10.1 Å². The number of benzene rings is 1. The van der Waals surface area contributed by atoms with Crippen molar-refractivity contribution in [3.8, 4) is 5.88 Å². The maximum atomic E-state index is 12.0. The molecule has 2 aromatic rings. The summed E-state index contributed by atoms with van der Waals surface area (Å²) < 4.78 is 6.84. The van der Waals surface area contributed by atoms with Crippen LogP contribution in [0.1, 0.15) is 29.9 Å². The van der Waals surface area contributed by atoms with E-state index < -0.39 is 0 Å². The largest absolute Gasteiger partial charge is 0.479 e. The van der Waals surface area contributed by atoms with Crippen LogP contribution in [0.2, 0.25) is 0 Å². The van der Waals surface area contributed by atoms with Crippen molar-refractivity contribution < 1.29 is 9.53 Å². The van der Waals surface area contributed by atoms with Crippen molar-refractivity contribution in [1.29, 1.82) is 0 Å². The molecule has 0 unspecified atom stereocenters. The smallest absolute Gasteiger partial charge is 0.277 e. The summed E-state index contributed by atoms with van der Waals surface area (Å²) in [6.45, 7) is 4.28. The van der Waals surface area contributed by atoms with Gasteiger partial charge in [0, 0.05) is 6.04 Å². The second kappa shape index (κ2) is 6.18. The summed E-state index contributed by atoms with van der Waals surface area (Å²) >= 11 is 0. The maximum Gasteiger partial charge on any atom is 0.277 e. The number of carbonyl (C=O) groups is 1. The zero-order valence-electron chi connectivity index (χ0n) is 11.8. The number of aromatic nitrogens is 3. The molecule has 1 aromatic carbocycles. The van der Waals surface area contributed by atoms with E-state index in [0.717, 1.165) is 5.56 Å². The van der Waals surface area contributed by atoms with Crippen molar-refractivity contribution in [3.63, 3.8) is 0 Å². The Morgan fingerprint density at radius 1 is 1.35 bits per heavy atom. The van der Waals surface area contributed by atoms with Crippen LogP contribution < -0.4 is 10.1 Å². The molecule has 0 aliphatic carbocycles. The van der Waals surface area contributed by atoms with E-state index in [1.807, 2.05) is 44.2 Å². The molecule has 0 aliphatic heterocycles. The summed E-state index contributed by atoms with van der Waals surface area (Å²) in [4.78, 5) is 12.0. The molecule has 0 saturated carbocycles. The monoisotopic (exact) mass is 274 g/mol. The lowest BCUT2D eigenvalue weighted by Gasteiger charge is -2.08. The van der Waals surface area contributed by atoms with Gasteiger partial charge in [0.1, 0.15) is 0 Å². The van der Waals surface area contributed by atoms with Crippen molar-refractivity contribution in [2.24, 2.45) is 0 Å². The van der Waals surface area contributed by atoms with Crippen LogP contribution in [-0.2, 0) is 6.54 Å². The van der Waals surface area contributed by atoms with Crippen molar-refractivity contribution in [2.45, 2.75) is 26.4 Å². The van der Waals surface area contributed by atoms with Gasteiger partial charge in [-0.15, -0.1) is 5.10 Å². The van der Waals surface area contributed by atoms with E-state index in [4.69, 9.17) is 4.74 Å². The Morgan fingerprint density at radius 3 is 2.65 bits per heavy atom. The van der Waals surface area contributed by atoms with E-state index in [-0.39, 0.29) is 17.6 Å². The number of amides is 1. The highest BCUT2D eigenvalue weighted by Gasteiger charge is 2.21. The van der Waals surface area contributed by atoms with Crippen LogP contribution in [0.4, 0.5) is 0 Å². The topological polar surface area (TPSA) is 69.0 Å². The molecule has 20 heavy (non-hydrogen) atoms. The van der Waals surface area contributed by atoms with Gasteiger partial charge in [-0.2, -0.15) is 0 Å². The Balaban J connectivity index is 2.23. The molecule has 1 N–H and O–H groups in total. The van der Waals surface area contributed by atoms with Crippen LogP contribution in [0.3, 0.4) is 0 Å². The van der Waals surface area contributed by atoms with E-state index in [2.05, 4.69) is 15.6 Å². The van der Waals surface area contributed by atoms with Crippen molar-refractivity contribution in [2.75, 3.05) is 7.11 Å². The predicted molar refractivity (Wildman–Crippen MR) is 74.7 cm³/mol. The number of nitrogens with zero attached hydrogens (tertiary/aromatic N) is 3. The van der Waals surface area contributed by atoms with Crippen LogP contribution in [0, 0.1) is 0 Å². The fourth-order valence-corrected chi connectivity index (χ4v) is 1.84. The second-order valence-corrected chi connectivity index (χ2v) is 4.72. The fraction of sp³-hybridized carbons (Fsp3) is 0.357. The molecule has 0 atom stereocenters. The standard InChI is InChI=1S/C14H18N4O2/c1-10(2)15-13(19)12-14(20-3)18(17-16-12)9-11-7-5-4-6-8-11/h4-8,10H,9H2,1-3H3,(H,15,19). The van der Waals surface area contributed by atoms with Crippen molar-refractivity contribution >= 4 is 5.91 Å². The number of methoxy groups -OCH3 is 1. The van der Waals surface area contributed by atoms with E-state index in [0.29, 0.717) is 12.4 Å². The number of rotatable bonds is 5. The van der Waals surface area contributed by atoms with Gasteiger partial charge >= 0.3 is 0 Å². The Hall–Kier alpha value is -2.37. The van der Waals surface area contributed by atoms with Gasteiger partial charge in [0.2, 0.25) is 11.6 Å². The first-order chi connectivity index (χ1) is 9.61. The molecule has 6 nitrogen and oxygen atoms in total. The molecule has 2 rings (SSSR count). The highest BCUT2D eigenvalue weighted by atomic mass is 16.5. The maximum absolute atomic E-state index is 12.0. The number of nitrogens with one attached hydrogen (secondary N) is 1. The number of hydrogen-bond donors (Lipinski definition) is 1. The van der Waals surface area contributed by atoms with Gasteiger partial charge in [-0.05, 0) is 19.4 Å². The summed E-state index contributed by atoms with van der Waals surface area (Å²) in [6, 6.07) is 9.84. The average Bonchev–Trinajstić information content (AvgIpc) is 2.82. The van der Waals surface area contributed by atoms with Crippen LogP contribution in [0.15, 0.2) is 30.3 Å². The lowest BCUT2D eigenvalue weighted by Crippen LogP contribution is -2.30. The molecule has 6 heteroatoms. The summed E-state index contributed by atoms with van der Waals surface area (Å²) in [6.07, 6.45) is 0. The molecule has 0 fully saturated rings. The highest BCUT2D eigenvalue weighted by Crippen LogP contribution is 2.16. The van der Waals surface area contributed by atoms with Gasteiger partial charge in [0.15, 0.2) is 0 Å². The molecule has 106 valence electrons. The highest BCUT2D eigenvalue weighted by molar-refractivity contribution is 5.94. The molecular formula is C14H18N4O2. The molecule has 0 spiro atoms. The van der Waals surface area contributed by atoms with Gasteiger partial charge in [-0.25, -0.2) is 4.68 Å². The Morgan fingerprint density at radius 2 is 2.05 bits per heavy atom. The van der Waals surface area contributed by atoms with Crippen LogP contribution in [-0.4, -0.2) is 34.1 Å². The average molecular weight is 274 g/mol. The number of ether oxygens (including phenoxy) is 1. The molecule has 0 aliphatic rings. The third kappa shape index (κ3) is 3.14. The van der Waals surface area contributed by atoms with E-state index in [1.54, 1.807) is 4.68 Å². The van der Waals surface area contributed by atoms with Crippen molar-refractivity contribution in [1.82, 2.24) is 20.3 Å². The van der Waals surface area contributed by atoms with Crippen LogP contribution in [0.25, 0.3) is 0 Å². The number of carbonyl (C=O) groups excluding carboxylic acids is 1. The Bertz CT molecular complexity index is 578. The van der Waals surface area contributed by atoms with E-state index in [9.17, 15) is 4.79 Å². The van der Waals surface area contributed by atoms with Crippen LogP contribution in [0.5, 0.6) is 5.88 Å². The molecule has 1 amide bonds. The van der Waals surface area contributed by atoms with Gasteiger partial charge in [0.25, 0.3) is 5.91 Å². The molecule has 1 aromatic heterocycles. The Kier molecular flexibility index (Phi) is 4.34. The van der Waals surface area contributed by atoms with E-state index >= 15 is 0 Å². The van der Waals surface area contributed by atoms with Gasteiger partial charge in [-0.1, -0.05) is 35.5 Å². The normalized spacial score (nSPS) is 10.6. The second-order valence-electron chi connectivity index (χ2n) is 4.72. The first-order valence-corrected chi connectivity index (χ1v) is 6.44. The minimum absolute atomic E-state index is 0.0338. The summed E-state index contributed by atoms with van der Waals surface area (Å²) in [7, 11) is 1.51. The van der Waals surface area contributed by atoms with Crippen molar-refractivity contribution in [3.05, 3.63) is 41.6 Å². The molecule has 0 saturated heterocycles. The van der Waals surface area contributed by atoms with Gasteiger partial charge in [0.05, 0.1) is 13.7 Å². The minimum Gasteiger partial charge on any atom is -0.479 e. The molecule has 0 bridgehead atoms. The minimum atomic E-state index is -0.281. The zero-order valence-corrected chi connectivity index (χ0v) is 11.8. The zero-order chi connectivity index (χ0) is 14.5. The predicted octanol–water partition coefficient (Wildman–Crippen LogP) is 1.47. The summed E-state index contributed by atoms with van der Waals surface area (Å²) in [5.74, 6) is 0.0863. The first kappa shape index (κ1) is 14.0. The molecule has 1 heterocycles.